The van der Waals surface area contributed by atoms with E-state index in [0.29, 0.717) is 17.4 Å². The van der Waals surface area contributed by atoms with Crippen molar-refractivity contribution in [3.63, 3.8) is 0 Å². The first-order valence-corrected chi connectivity index (χ1v) is 7.32. The highest BCUT2D eigenvalue weighted by Gasteiger charge is 2.25. The van der Waals surface area contributed by atoms with Crippen LogP contribution in [-0.4, -0.2) is 19.9 Å². The van der Waals surface area contributed by atoms with E-state index in [-0.39, 0.29) is 6.61 Å². The molecule has 3 aromatic rings. The summed E-state index contributed by atoms with van der Waals surface area (Å²) in [5.74, 6) is 1.24. The first-order valence-electron chi connectivity index (χ1n) is 6.94. The molecule has 0 spiro atoms. The van der Waals surface area contributed by atoms with Crippen molar-refractivity contribution in [2.45, 2.75) is 13.2 Å². The predicted molar refractivity (Wildman–Crippen MR) is 84.6 cm³/mol. The van der Waals surface area contributed by atoms with E-state index >= 15 is 0 Å². The van der Waals surface area contributed by atoms with Gasteiger partial charge in [-0.3, -0.25) is 0 Å². The lowest BCUT2D eigenvalue weighted by Gasteiger charge is -2.30. The molecule has 1 aliphatic heterocycles. The molecular formula is C16H13ClN4O. The quantitative estimate of drug-likeness (QED) is 0.790. The highest BCUT2D eigenvalue weighted by molar-refractivity contribution is 6.30. The summed E-state index contributed by atoms with van der Waals surface area (Å²) in [6.45, 7) is 0.425. The maximum Gasteiger partial charge on any atom is 0.176 e. The van der Waals surface area contributed by atoms with E-state index in [2.05, 4.69) is 15.0 Å². The van der Waals surface area contributed by atoms with Gasteiger partial charge in [-0.15, -0.1) is 5.10 Å². The Morgan fingerprint density at radius 2 is 1.77 bits per heavy atom. The second kappa shape index (κ2) is 5.12. The third-order valence-corrected chi connectivity index (χ3v) is 3.95. The van der Waals surface area contributed by atoms with Crippen molar-refractivity contribution in [3.8, 4) is 5.69 Å². The number of fused-ring (bicyclic) bond motifs is 3. The van der Waals surface area contributed by atoms with E-state index in [9.17, 15) is 5.11 Å². The van der Waals surface area contributed by atoms with Crippen LogP contribution in [0.15, 0.2) is 48.5 Å². The predicted octanol–water partition coefficient (Wildman–Crippen LogP) is 3.06. The summed E-state index contributed by atoms with van der Waals surface area (Å²) >= 11 is 5.98. The summed E-state index contributed by atoms with van der Waals surface area (Å²) in [5, 5.41) is 14.4. The van der Waals surface area contributed by atoms with Gasteiger partial charge in [0.05, 0.1) is 17.9 Å². The fraction of sp³-hybridized carbons (Fsp3) is 0.125. The molecule has 0 bridgehead atoms. The van der Waals surface area contributed by atoms with Crippen LogP contribution in [0, 0.1) is 0 Å². The Labute approximate surface area is 132 Å². The van der Waals surface area contributed by atoms with Gasteiger partial charge < -0.3 is 10.0 Å². The molecule has 0 saturated heterocycles. The monoisotopic (exact) mass is 312 g/mol. The van der Waals surface area contributed by atoms with Crippen LogP contribution >= 0.6 is 11.6 Å². The van der Waals surface area contributed by atoms with Crippen molar-refractivity contribution in [1.29, 1.82) is 0 Å². The van der Waals surface area contributed by atoms with Gasteiger partial charge in [0.25, 0.3) is 0 Å². The molecule has 1 N–H and O–H groups in total. The van der Waals surface area contributed by atoms with Crippen molar-refractivity contribution < 1.29 is 5.11 Å². The number of rotatable bonds is 2. The molecule has 0 fully saturated rings. The Bertz CT molecular complexity index is 828. The first-order chi connectivity index (χ1) is 10.8. The Morgan fingerprint density at radius 3 is 2.50 bits per heavy atom. The lowest BCUT2D eigenvalue weighted by atomic mass is 10.1. The number of aromatic nitrogens is 3. The third kappa shape index (κ3) is 2.06. The van der Waals surface area contributed by atoms with E-state index in [0.717, 1.165) is 22.9 Å². The average molecular weight is 313 g/mol. The van der Waals surface area contributed by atoms with E-state index in [1.54, 1.807) is 4.68 Å². The van der Waals surface area contributed by atoms with E-state index in [4.69, 9.17) is 11.6 Å². The normalized spacial score (nSPS) is 12.9. The van der Waals surface area contributed by atoms with Gasteiger partial charge in [0.1, 0.15) is 6.61 Å². The summed E-state index contributed by atoms with van der Waals surface area (Å²) in [6, 6.07) is 15.7. The molecule has 22 heavy (non-hydrogen) atoms. The van der Waals surface area contributed by atoms with Crippen molar-refractivity contribution >= 4 is 23.0 Å². The van der Waals surface area contributed by atoms with Gasteiger partial charge in [0.15, 0.2) is 11.6 Å². The molecule has 0 radical (unpaired) electrons. The average Bonchev–Trinajstić information content (AvgIpc) is 2.98. The summed E-state index contributed by atoms with van der Waals surface area (Å²) in [7, 11) is 0. The molecule has 1 aromatic heterocycles. The van der Waals surface area contributed by atoms with Crippen molar-refractivity contribution in [2.24, 2.45) is 0 Å². The molecule has 5 nitrogen and oxygen atoms in total. The van der Waals surface area contributed by atoms with Crippen LogP contribution in [0.5, 0.6) is 0 Å². The van der Waals surface area contributed by atoms with Gasteiger partial charge in [-0.2, -0.15) is 0 Å². The van der Waals surface area contributed by atoms with Crippen LogP contribution in [0.3, 0.4) is 0 Å². The zero-order valence-electron chi connectivity index (χ0n) is 11.6. The number of nitrogens with zero attached hydrogens (tertiary/aromatic N) is 4. The molecule has 0 saturated carbocycles. The maximum absolute atomic E-state index is 9.28. The number of hydrogen-bond acceptors (Lipinski definition) is 4. The minimum Gasteiger partial charge on any atom is -0.388 e. The number of anilines is 2. The maximum atomic E-state index is 9.28. The molecule has 2 heterocycles. The molecule has 2 aromatic carbocycles. The molecule has 4 rings (SSSR count). The van der Waals surface area contributed by atoms with Gasteiger partial charge in [-0.25, -0.2) is 9.67 Å². The van der Waals surface area contributed by atoms with Gasteiger partial charge in [0, 0.05) is 10.7 Å². The molecule has 0 aliphatic carbocycles. The van der Waals surface area contributed by atoms with Crippen LogP contribution in [0.4, 0.5) is 11.4 Å². The van der Waals surface area contributed by atoms with Gasteiger partial charge in [-0.1, -0.05) is 23.7 Å². The van der Waals surface area contributed by atoms with Crippen LogP contribution in [0.1, 0.15) is 11.6 Å². The fourth-order valence-corrected chi connectivity index (χ4v) is 2.83. The largest absolute Gasteiger partial charge is 0.388 e. The SMILES string of the molecule is OCc1nc2n(n1)-c1ccccc1N(c1ccc(Cl)cc1)C2. The molecule has 0 amide bonds. The van der Waals surface area contributed by atoms with Crippen LogP contribution in [-0.2, 0) is 13.2 Å². The zero-order valence-corrected chi connectivity index (χ0v) is 12.4. The minimum absolute atomic E-state index is 0.164. The zero-order chi connectivity index (χ0) is 15.1. The number of para-hydroxylation sites is 2. The number of hydrogen-bond donors (Lipinski definition) is 1. The Balaban J connectivity index is 1.87. The summed E-state index contributed by atoms with van der Waals surface area (Å²) < 4.78 is 1.80. The number of halogens is 1. The molecule has 1 aliphatic rings. The lowest BCUT2D eigenvalue weighted by molar-refractivity contribution is 0.271. The Kier molecular flexibility index (Phi) is 3.10. The number of aliphatic hydroxyl groups excluding tert-OH is 1. The second-order valence-corrected chi connectivity index (χ2v) is 5.50. The molecule has 6 heteroatoms. The second-order valence-electron chi connectivity index (χ2n) is 5.07. The Hall–Kier alpha value is -2.37. The van der Waals surface area contributed by atoms with Crippen LogP contribution in [0.25, 0.3) is 5.69 Å². The van der Waals surface area contributed by atoms with Crippen LogP contribution < -0.4 is 4.90 Å². The van der Waals surface area contributed by atoms with Crippen molar-refractivity contribution in [1.82, 2.24) is 14.8 Å². The fourth-order valence-electron chi connectivity index (χ4n) is 2.70. The first kappa shape index (κ1) is 13.3. The standard InChI is InChI=1S/C16H13ClN4O/c17-11-5-7-12(8-6-11)20-9-16-18-15(10-22)19-21(16)14-4-2-1-3-13(14)20/h1-8,22H,9-10H2. The van der Waals surface area contributed by atoms with Crippen molar-refractivity contribution in [2.75, 3.05) is 4.90 Å². The summed E-state index contributed by atoms with van der Waals surface area (Å²) in [6.07, 6.45) is 0. The topological polar surface area (TPSA) is 54.2 Å². The molecule has 110 valence electrons. The summed E-state index contributed by atoms with van der Waals surface area (Å²) in [4.78, 5) is 6.56. The smallest absolute Gasteiger partial charge is 0.176 e. The molecule has 0 unspecified atom stereocenters. The number of benzene rings is 2. The van der Waals surface area contributed by atoms with E-state index in [1.807, 2.05) is 48.5 Å². The molecule has 0 atom stereocenters. The van der Waals surface area contributed by atoms with Gasteiger partial charge in [-0.05, 0) is 36.4 Å². The van der Waals surface area contributed by atoms with Gasteiger partial charge >= 0.3 is 0 Å². The lowest BCUT2D eigenvalue weighted by Crippen LogP contribution is -2.25. The van der Waals surface area contributed by atoms with Crippen molar-refractivity contribution in [3.05, 3.63) is 65.2 Å². The summed E-state index contributed by atoms with van der Waals surface area (Å²) in [5.41, 5.74) is 3.04. The third-order valence-electron chi connectivity index (χ3n) is 3.70. The highest BCUT2D eigenvalue weighted by atomic mass is 35.5. The minimum atomic E-state index is -0.164. The number of aliphatic hydroxyl groups is 1. The van der Waals surface area contributed by atoms with E-state index in [1.165, 1.54) is 0 Å². The van der Waals surface area contributed by atoms with Gasteiger partial charge in [0.2, 0.25) is 0 Å². The molecular weight excluding hydrogens is 300 g/mol. The van der Waals surface area contributed by atoms with E-state index < -0.39 is 0 Å². The Morgan fingerprint density at radius 1 is 1.05 bits per heavy atom. The van der Waals surface area contributed by atoms with Crippen LogP contribution in [0.2, 0.25) is 5.02 Å². The highest BCUT2D eigenvalue weighted by Crippen LogP contribution is 2.36.